The summed E-state index contributed by atoms with van der Waals surface area (Å²) in [4.78, 5) is 24.9. The molecule has 2 aromatic carbocycles. The van der Waals surface area contributed by atoms with Crippen LogP contribution in [0.4, 0.5) is 5.69 Å². The number of hydrogen-bond donors (Lipinski definition) is 2. The Kier molecular flexibility index (Phi) is 7.21. The predicted molar refractivity (Wildman–Crippen MR) is 113 cm³/mol. The van der Waals surface area contributed by atoms with E-state index in [9.17, 15) is 9.59 Å². The molecule has 150 valence electrons. The minimum absolute atomic E-state index is 0.144. The Labute approximate surface area is 167 Å². The lowest BCUT2D eigenvalue weighted by Crippen LogP contribution is -2.40. The van der Waals surface area contributed by atoms with Crippen LogP contribution < -0.4 is 15.4 Å². The highest BCUT2D eigenvalue weighted by Gasteiger charge is 2.16. The molecule has 0 saturated heterocycles. The molecule has 2 N–H and O–H groups in total. The summed E-state index contributed by atoms with van der Waals surface area (Å²) in [6.07, 6.45) is 0.925. The fourth-order valence-corrected chi connectivity index (χ4v) is 2.50. The van der Waals surface area contributed by atoms with E-state index < -0.39 is 0 Å². The normalized spacial score (nSPS) is 11.2. The third kappa shape index (κ3) is 6.72. The lowest BCUT2D eigenvalue weighted by atomic mass is 10.1. The molecule has 0 saturated carbocycles. The average Bonchev–Trinajstić information content (AvgIpc) is 2.61. The molecule has 0 heterocycles. The molecule has 0 unspecified atom stereocenters. The fraction of sp³-hybridized carbons (Fsp3) is 0.391. The molecular formula is C23H30N2O3. The van der Waals surface area contributed by atoms with Gasteiger partial charge in [0, 0.05) is 16.8 Å². The first-order valence-electron chi connectivity index (χ1n) is 9.61. The summed E-state index contributed by atoms with van der Waals surface area (Å²) < 4.78 is 5.79. The zero-order valence-corrected chi connectivity index (χ0v) is 17.3. The molecule has 2 aromatic rings. The summed E-state index contributed by atoms with van der Waals surface area (Å²) >= 11 is 0. The van der Waals surface area contributed by atoms with E-state index in [0.717, 1.165) is 6.42 Å². The Morgan fingerprint density at radius 1 is 0.964 bits per heavy atom. The van der Waals surface area contributed by atoms with Crippen molar-refractivity contribution in [3.05, 3.63) is 59.7 Å². The Morgan fingerprint density at radius 2 is 1.61 bits per heavy atom. The van der Waals surface area contributed by atoms with E-state index in [2.05, 4.69) is 24.5 Å². The smallest absolute Gasteiger partial charge is 0.259 e. The van der Waals surface area contributed by atoms with E-state index >= 15 is 0 Å². The maximum Gasteiger partial charge on any atom is 0.259 e. The number of carbonyl (C=O) groups is 2. The fourth-order valence-electron chi connectivity index (χ4n) is 2.50. The number of anilines is 1. The minimum Gasteiger partial charge on any atom is -0.493 e. The maximum absolute atomic E-state index is 12.7. The molecule has 0 spiro atoms. The predicted octanol–water partition coefficient (Wildman–Crippen LogP) is 4.89. The van der Waals surface area contributed by atoms with Crippen molar-refractivity contribution in [2.75, 3.05) is 11.9 Å². The van der Waals surface area contributed by atoms with Crippen LogP contribution in [0.2, 0.25) is 0 Å². The highest BCUT2D eigenvalue weighted by molar-refractivity contribution is 6.06. The van der Waals surface area contributed by atoms with Gasteiger partial charge in [0.2, 0.25) is 0 Å². The van der Waals surface area contributed by atoms with E-state index in [4.69, 9.17) is 4.74 Å². The SMILES string of the molecule is CC(C)CCOc1ccccc1C(=O)Nc1ccc(C(=O)NC(C)(C)C)cc1. The number of para-hydroxylation sites is 1. The van der Waals surface area contributed by atoms with E-state index in [1.807, 2.05) is 32.9 Å². The Bertz CT molecular complexity index is 805. The molecule has 0 aliphatic heterocycles. The summed E-state index contributed by atoms with van der Waals surface area (Å²) in [5, 5.41) is 5.78. The monoisotopic (exact) mass is 382 g/mol. The van der Waals surface area contributed by atoms with Gasteiger partial charge in [0.25, 0.3) is 11.8 Å². The molecule has 0 bridgehead atoms. The van der Waals surface area contributed by atoms with Crippen LogP contribution in [0.1, 0.15) is 61.8 Å². The van der Waals surface area contributed by atoms with Crippen LogP contribution in [0.3, 0.4) is 0 Å². The highest BCUT2D eigenvalue weighted by atomic mass is 16.5. The number of benzene rings is 2. The van der Waals surface area contributed by atoms with Gasteiger partial charge in [-0.15, -0.1) is 0 Å². The van der Waals surface area contributed by atoms with Gasteiger partial charge in [-0.3, -0.25) is 9.59 Å². The Balaban J connectivity index is 2.04. The Hall–Kier alpha value is -2.82. The summed E-state index contributed by atoms with van der Waals surface area (Å²) in [6.45, 7) is 10.6. The van der Waals surface area contributed by atoms with Crippen LogP contribution >= 0.6 is 0 Å². The first-order chi connectivity index (χ1) is 13.2. The van der Waals surface area contributed by atoms with Crippen LogP contribution in [0.5, 0.6) is 5.75 Å². The topological polar surface area (TPSA) is 67.4 Å². The molecule has 2 amide bonds. The number of carbonyl (C=O) groups excluding carboxylic acids is 2. The van der Waals surface area contributed by atoms with Gasteiger partial charge in [-0.1, -0.05) is 26.0 Å². The van der Waals surface area contributed by atoms with Crippen LogP contribution in [0, 0.1) is 5.92 Å². The van der Waals surface area contributed by atoms with Crippen molar-refractivity contribution >= 4 is 17.5 Å². The molecule has 0 aliphatic rings. The third-order valence-corrected chi connectivity index (χ3v) is 3.98. The zero-order chi connectivity index (χ0) is 20.7. The number of nitrogens with one attached hydrogen (secondary N) is 2. The molecule has 0 atom stereocenters. The van der Waals surface area contributed by atoms with Gasteiger partial charge in [0.1, 0.15) is 5.75 Å². The van der Waals surface area contributed by atoms with Gasteiger partial charge >= 0.3 is 0 Å². The van der Waals surface area contributed by atoms with Gasteiger partial charge in [0.15, 0.2) is 0 Å². The van der Waals surface area contributed by atoms with Gasteiger partial charge in [-0.25, -0.2) is 0 Å². The lowest BCUT2D eigenvalue weighted by Gasteiger charge is -2.20. The van der Waals surface area contributed by atoms with E-state index in [1.54, 1.807) is 36.4 Å². The van der Waals surface area contributed by atoms with Crippen molar-refractivity contribution in [2.24, 2.45) is 5.92 Å². The molecule has 0 radical (unpaired) electrons. The number of ether oxygens (including phenoxy) is 1. The molecule has 0 aliphatic carbocycles. The molecule has 0 aromatic heterocycles. The van der Waals surface area contributed by atoms with Crippen molar-refractivity contribution < 1.29 is 14.3 Å². The third-order valence-electron chi connectivity index (χ3n) is 3.98. The van der Waals surface area contributed by atoms with Crippen LogP contribution in [-0.2, 0) is 0 Å². The first kappa shape index (κ1) is 21.5. The largest absolute Gasteiger partial charge is 0.493 e. The minimum atomic E-state index is -0.302. The van der Waals surface area contributed by atoms with Gasteiger partial charge in [-0.2, -0.15) is 0 Å². The van der Waals surface area contributed by atoms with E-state index in [1.165, 1.54) is 0 Å². The standard InChI is InChI=1S/C23H30N2O3/c1-16(2)14-15-28-20-9-7-6-8-19(20)22(27)24-18-12-10-17(11-13-18)21(26)25-23(3,4)5/h6-13,16H,14-15H2,1-5H3,(H,24,27)(H,25,26). The summed E-state index contributed by atoms with van der Waals surface area (Å²) in [6, 6.07) is 14.0. The molecule has 5 heteroatoms. The van der Waals surface area contributed by atoms with Gasteiger partial charge < -0.3 is 15.4 Å². The lowest BCUT2D eigenvalue weighted by molar-refractivity contribution is 0.0919. The van der Waals surface area contributed by atoms with Crippen LogP contribution in [0.25, 0.3) is 0 Å². The van der Waals surface area contributed by atoms with E-state index in [-0.39, 0.29) is 17.4 Å². The number of hydrogen-bond acceptors (Lipinski definition) is 3. The van der Waals surface area contributed by atoms with Crippen molar-refractivity contribution in [1.29, 1.82) is 0 Å². The van der Waals surface area contributed by atoms with Gasteiger partial charge in [-0.05, 0) is 69.5 Å². The highest BCUT2D eigenvalue weighted by Crippen LogP contribution is 2.21. The summed E-state index contributed by atoms with van der Waals surface area (Å²) in [5.41, 5.74) is 1.35. The summed E-state index contributed by atoms with van der Waals surface area (Å²) in [5.74, 6) is 0.720. The number of rotatable bonds is 7. The quantitative estimate of drug-likeness (QED) is 0.716. The molecular weight excluding hydrogens is 352 g/mol. The molecule has 5 nitrogen and oxygen atoms in total. The zero-order valence-electron chi connectivity index (χ0n) is 17.3. The average molecular weight is 383 g/mol. The van der Waals surface area contributed by atoms with Crippen molar-refractivity contribution in [3.63, 3.8) is 0 Å². The van der Waals surface area contributed by atoms with Crippen LogP contribution in [0.15, 0.2) is 48.5 Å². The molecule has 0 fully saturated rings. The molecule has 2 rings (SSSR count). The first-order valence-corrected chi connectivity index (χ1v) is 9.61. The Morgan fingerprint density at radius 3 is 2.21 bits per heavy atom. The molecule has 28 heavy (non-hydrogen) atoms. The van der Waals surface area contributed by atoms with Crippen molar-refractivity contribution in [1.82, 2.24) is 5.32 Å². The second-order valence-corrected chi connectivity index (χ2v) is 8.26. The van der Waals surface area contributed by atoms with Crippen LogP contribution in [-0.4, -0.2) is 24.0 Å². The van der Waals surface area contributed by atoms with Gasteiger partial charge in [0.05, 0.1) is 12.2 Å². The van der Waals surface area contributed by atoms with Crippen molar-refractivity contribution in [3.8, 4) is 5.75 Å². The second kappa shape index (κ2) is 9.40. The van der Waals surface area contributed by atoms with E-state index in [0.29, 0.717) is 35.1 Å². The van der Waals surface area contributed by atoms with Crippen molar-refractivity contribution in [2.45, 2.75) is 46.6 Å². The summed E-state index contributed by atoms with van der Waals surface area (Å²) in [7, 11) is 0. The maximum atomic E-state index is 12.7. The second-order valence-electron chi connectivity index (χ2n) is 8.26. The number of amides is 2.